The fraction of sp³-hybridized carbons (Fsp3) is 0.222. The molecule has 0 bridgehead atoms. The molecule has 0 saturated heterocycles. The third kappa shape index (κ3) is 4.55. The lowest BCUT2D eigenvalue weighted by molar-refractivity contribution is -0.153. The van der Waals surface area contributed by atoms with Gasteiger partial charge in [-0.1, -0.05) is 12.1 Å². The molecule has 9 heteroatoms. The van der Waals surface area contributed by atoms with Crippen LogP contribution in [0.25, 0.3) is 0 Å². The molecule has 1 aliphatic heterocycles. The van der Waals surface area contributed by atoms with Crippen LogP contribution in [0.3, 0.4) is 0 Å². The fourth-order valence-electron chi connectivity index (χ4n) is 2.74. The van der Waals surface area contributed by atoms with Crippen LogP contribution < -0.4 is 10.5 Å². The van der Waals surface area contributed by atoms with Crippen molar-refractivity contribution < 1.29 is 27.1 Å². The number of alkyl halides is 3. The van der Waals surface area contributed by atoms with Crippen molar-refractivity contribution in [2.75, 3.05) is 13.2 Å². The van der Waals surface area contributed by atoms with Gasteiger partial charge in [-0.2, -0.15) is 18.3 Å². The van der Waals surface area contributed by atoms with Crippen molar-refractivity contribution >= 4 is 11.7 Å². The molecule has 2 aromatic carbocycles. The highest BCUT2D eigenvalue weighted by molar-refractivity contribution is 6.07. The van der Waals surface area contributed by atoms with E-state index in [2.05, 4.69) is 9.84 Å². The van der Waals surface area contributed by atoms with Crippen LogP contribution in [-0.4, -0.2) is 36.1 Å². The number of nitrogens with two attached hydrogens (primary N) is 1. The summed E-state index contributed by atoms with van der Waals surface area (Å²) in [5.74, 6) is -0.687. The number of hydrazone groups is 1. The summed E-state index contributed by atoms with van der Waals surface area (Å²) in [5.41, 5.74) is 7.13. The van der Waals surface area contributed by atoms with E-state index < -0.39 is 24.6 Å². The molecule has 142 valence electrons. The summed E-state index contributed by atoms with van der Waals surface area (Å²) >= 11 is 0. The third-order valence-electron chi connectivity index (χ3n) is 3.99. The summed E-state index contributed by atoms with van der Waals surface area (Å²) in [6, 6.07) is 10.9. The Hall–Kier alpha value is -3.10. The van der Waals surface area contributed by atoms with Crippen LogP contribution >= 0.6 is 0 Å². The van der Waals surface area contributed by atoms with Crippen molar-refractivity contribution in [3.8, 4) is 5.75 Å². The Labute approximate surface area is 152 Å². The quantitative estimate of drug-likeness (QED) is 0.822. The minimum atomic E-state index is -4.43. The zero-order chi connectivity index (χ0) is 19.6. The Bertz CT molecular complexity index is 848. The number of rotatable bonds is 4. The molecular weight excluding hydrogens is 366 g/mol. The topological polar surface area (TPSA) is 67.9 Å². The maximum absolute atomic E-state index is 13.2. The summed E-state index contributed by atoms with van der Waals surface area (Å²) in [7, 11) is 0. The molecule has 0 spiro atoms. The Balaban J connectivity index is 1.85. The normalized spacial score (nSPS) is 17.0. The molecule has 3 rings (SSSR count). The zero-order valence-corrected chi connectivity index (χ0v) is 13.9. The Morgan fingerprint density at radius 1 is 1.15 bits per heavy atom. The smallest absolute Gasteiger partial charge is 0.422 e. The number of primary amides is 1. The van der Waals surface area contributed by atoms with E-state index in [1.807, 2.05) is 0 Å². The highest BCUT2D eigenvalue weighted by atomic mass is 19.4. The number of carbonyl (C=O) groups excluding carboxylic acids is 1. The van der Waals surface area contributed by atoms with Gasteiger partial charge >= 0.3 is 12.2 Å². The molecule has 2 aromatic rings. The Morgan fingerprint density at radius 2 is 1.78 bits per heavy atom. The summed E-state index contributed by atoms with van der Waals surface area (Å²) in [6.07, 6.45) is -4.43. The standard InChI is InChI=1S/C18H15F4N3O2/c19-13-5-1-11(2-6-13)15-9-25(17(23)26)24-16(15)12-3-7-14(8-4-12)27-10-18(20,21)22/h1-8,15H,9-10H2,(H2,23,26). The van der Waals surface area contributed by atoms with E-state index in [0.717, 1.165) is 10.6 Å². The number of carbonyl (C=O) groups is 1. The van der Waals surface area contributed by atoms with Gasteiger partial charge in [0.2, 0.25) is 0 Å². The van der Waals surface area contributed by atoms with Gasteiger partial charge in [0.05, 0.1) is 12.3 Å². The molecule has 1 atom stereocenters. The average Bonchev–Trinajstić information content (AvgIpc) is 3.06. The van der Waals surface area contributed by atoms with E-state index in [9.17, 15) is 22.4 Å². The highest BCUT2D eigenvalue weighted by Crippen LogP contribution is 2.30. The summed E-state index contributed by atoms with van der Waals surface area (Å²) < 4.78 is 54.6. The largest absolute Gasteiger partial charge is 0.484 e. The van der Waals surface area contributed by atoms with E-state index in [-0.39, 0.29) is 18.2 Å². The van der Waals surface area contributed by atoms with E-state index in [1.165, 1.54) is 24.3 Å². The molecule has 0 saturated carbocycles. The second-order valence-electron chi connectivity index (χ2n) is 5.94. The highest BCUT2D eigenvalue weighted by Gasteiger charge is 2.32. The minimum absolute atomic E-state index is 0.0553. The van der Waals surface area contributed by atoms with Gasteiger partial charge < -0.3 is 10.5 Å². The van der Waals surface area contributed by atoms with Crippen LogP contribution in [0.15, 0.2) is 53.6 Å². The summed E-state index contributed by atoms with van der Waals surface area (Å²) in [6.45, 7) is -1.20. The van der Waals surface area contributed by atoms with E-state index in [1.54, 1.807) is 24.3 Å². The number of amides is 2. The number of hydrogen-bond donors (Lipinski definition) is 1. The molecule has 0 radical (unpaired) electrons. The van der Waals surface area contributed by atoms with Crippen LogP contribution in [0.5, 0.6) is 5.75 Å². The summed E-state index contributed by atoms with van der Waals surface area (Å²) in [5, 5.41) is 5.31. The van der Waals surface area contributed by atoms with Gasteiger partial charge in [0.1, 0.15) is 11.6 Å². The Morgan fingerprint density at radius 3 is 2.33 bits per heavy atom. The predicted octanol–water partition coefficient (Wildman–Crippen LogP) is 3.65. The number of halogens is 4. The van der Waals surface area contributed by atoms with E-state index in [0.29, 0.717) is 11.3 Å². The maximum Gasteiger partial charge on any atom is 0.422 e. The first-order chi connectivity index (χ1) is 12.7. The van der Waals surface area contributed by atoms with Gasteiger partial charge in [0, 0.05) is 5.92 Å². The van der Waals surface area contributed by atoms with E-state index >= 15 is 0 Å². The average molecular weight is 381 g/mol. The lowest BCUT2D eigenvalue weighted by atomic mass is 9.90. The lowest BCUT2D eigenvalue weighted by Gasteiger charge is -2.14. The second-order valence-corrected chi connectivity index (χ2v) is 5.94. The number of ether oxygens (including phenoxy) is 1. The first-order valence-electron chi connectivity index (χ1n) is 7.94. The zero-order valence-electron chi connectivity index (χ0n) is 13.9. The Kier molecular flexibility index (Phi) is 5.02. The first kappa shape index (κ1) is 18.7. The number of nitrogens with zero attached hydrogens (tertiary/aromatic N) is 2. The third-order valence-corrected chi connectivity index (χ3v) is 3.99. The molecule has 1 heterocycles. The molecule has 1 aliphatic rings. The molecule has 1 unspecified atom stereocenters. The van der Waals surface area contributed by atoms with Crippen molar-refractivity contribution in [1.29, 1.82) is 0 Å². The molecule has 0 aromatic heterocycles. The van der Waals surface area contributed by atoms with Gasteiger partial charge in [-0.25, -0.2) is 14.2 Å². The molecule has 5 nitrogen and oxygen atoms in total. The minimum Gasteiger partial charge on any atom is -0.484 e. The van der Waals surface area contributed by atoms with Gasteiger partial charge in [0.15, 0.2) is 6.61 Å². The maximum atomic E-state index is 13.2. The van der Waals surface area contributed by atoms with Crippen molar-refractivity contribution in [1.82, 2.24) is 5.01 Å². The van der Waals surface area contributed by atoms with E-state index in [4.69, 9.17) is 5.73 Å². The number of benzene rings is 2. The molecule has 2 amide bonds. The van der Waals surface area contributed by atoms with Gasteiger partial charge in [-0.3, -0.25) is 0 Å². The van der Waals surface area contributed by atoms with Crippen molar-refractivity contribution in [2.45, 2.75) is 12.1 Å². The first-order valence-corrected chi connectivity index (χ1v) is 7.94. The molecule has 2 N–H and O–H groups in total. The van der Waals surface area contributed by atoms with Gasteiger partial charge in [-0.05, 0) is 47.5 Å². The number of urea groups is 1. The molecule has 0 fully saturated rings. The fourth-order valence-corrected chi connectivity index (χ4v) is 2.74. The second kappa shape index (κ2) is 7.26. The summed E-state index contributed by atoms with van der Waals surface area (Å²) in [4.78, 5) is 11.5. The van der Waals surface area contributed by atoms with Crippen LogP contribution in [0, 0.1) is 5.82 Å². The van der Waals surface area contributed by atoms with Crippen molar-refractivity contribution in [3.63, 3.8) is 0 Å². The van der Waals surface area contributed by atoms with Crippen LogP contribution in [0.4, 0.5) is 22.4 Å². The molecule has 27 heavy (non-hydrogen) atoms. The van der Waals surface area contributed by atoms with Gasteiger partial charge in [0.25, 0.3) is 0 Å². The lowest BCUT2D eigenvalue weighted by Crippen LogP contribution is -2.30. The predicted molar refractivity (Wildman–Crippen MR) is 90.0 cm³/mol. The SMILES string of the molecule is NC(=O)N1CC(c2ccc(F)cc2)C(c2ccc(OCC(F)(F)F)cc2)=N1. The molecule has 0 aliphatic carbocycles. The van der Waals surface area contributed by atoms with Crippen LogP contribution in [0.1, 0.15) is 17.0 Å². The van der Waals surface area contributed by atoms with Crippen molar-refractivity contribution in [2.24, 2.45) is 10.8 Å². The van der Waals surface area contributed by atoms with Crippen LogP contribution in [-0.2, 0) is 0 Å². The monoisotopic (exact) mass is 381 g/mol. The van der Waals surface area contributed by atoms with Gasteiger partial charge in [-0.15, -0.1) is 0 Å². The van der Waals surface area contributed by atoms with Crippen LogP contribution in [0.2, 0.25) is 0 Å². The number of hydrogen-bond acceptors (Lipinski definition) is 3. The molecular formula is C18H15F4N3O2. The van der Waals surface area contributed by atoms with Crippen molar-refractivity contribution in [3.05, 3.63) is 65.5 Å².